The molecular weight excluding hydrogens is 240 g/mol. The third-order valence-electron chi connectivity index (χ3n) is 2.41. The van der Waals surface area contributed by atoms with E-state index in [1.807, 2.05) is 0 Å². The highest BCUT2D eigenvalue weighted by atomic mass is 16.6. The van der Waals surface area contributed by atoms with E-state index in [4.69, 9.17) is 10.2 Å². The molecule has 0 fully saturated rings. The van der Waals surface area contributed by atoms with E-state index in [9.17, 15) is 14.9 Å². The Morgan fingerprint density at radius 2 is 2.22 bits per heavy atom. The average molecular weight is 254 g/mol. The third-order valence-corrected chi connectivity index (χ3v) is 2.41. The van der Waals surface area contributed by atoms with Crippen LogP contribution >= 0.6 is 0 Å². The number of benzene rings is 1. The molecule has 3 N–H and O–H groups in total. The first-order valence-corrected chi connectivity index (χ1v) is 5.35. The average Bonchev–Trinajstić information content (AvgIpc) is 2.29. The number of aliphatic hydroxyl groups excluding tert-OH is 1. The molecule has 0 aromatic heterocycles. The second-order valence-electron chi connectivity index (χ2n) is 3.85. The summed E-state index contributed by atoms with van der Waals surface area (Å²) in [5, 5.41) is 31.2. The molecule has 98 valence electrons. The van der Waals surface area contributed by atoms with Gasteiger partial charge in [0.1, 0.15) is 0 Å². The lowest BCUT2D eigenvalue weighted by molar-refractivity contribution is -0.384. The minimum atomic E-state index is -1.24. The molecule has 0 aliphatic carbocycles. The van der Waals surface area contributed by atoms with Crippen LogP contribution in [-0.2, 0) is 0 Å². The number of hydrogen-bond donors (Lipinski definition) is 3. The predicted octanol–water partition coefficient (Wildman–Crippen LogP) is 1.48. The molecule has 0 bridgehead atoms. The highest BCUT2D eigenvalue weighted by molar-refractivity contribution is 5.95. The van der Waals surface area contributed by atoms with Crippen molar-refractivity contribution in [2.45, 2.75) is 19.4 Å². The quantitative estimate of drug-likeness (QED) is 0.523. The number of rotatable bonds is 6. The van der Waals surface area contributed by atoms with Gasteiger partial charge in [-0.25, -0.2) is 4.79 Å². The Morgan fingerprint density at radius 1 is 1.56 bits per heavy atom. The Balaban J connectivity index is 3.04. The van der Waals surface area contributed by atoms with E-state index < -0.39 is 10.9 Å². The summed E-state index contributed by atoms with van der Waals surface area (Å²) in [5.74, 6) is -1.24. The number of aliphatic hydroxyl groups is 1. The number of nitrogens with one attached hydrogen (secondary N) is 1. The number of aromatic carboxylic acids is 1. The van der Waals surface area contributed by atoms with Crippen molar-refractivity contribution in [2.75, 3.05) is 11.9 Å². The molecule has 7 nitrogen and oxygen atoms in total. The second kappa shape index (κ2) is 5.97. The van der Waals surface area contributed by atoms with E-state index in [1.54, 1.807) is 6.92 Å². The van der Waals surface area contributed by atoms with Crippen LogP contribution in [0.5, 0.6) is 0 Å². The van der Waals surface area contributed by atoms with E-state index >= 15 is 0 Å². The van der Waals surface area contributed by atoms with E-state index in [0.717, 1.165) is 6.07 Å². The van der Waals surface area contributed by atoms with Gasteiger partial charge in [0.05, 0.1) is 10.5 Å². The van der Waals surface area contributed by atoms with Gasteiger partial charge in [0.25, 0.3) is 5.69 Å². The standard InChI is InChI=1S/C11H14N2O5/c1-7(4-5-14)12-10-3-2-8(13(17)18)6-9(10)11(15)16/h2-3,6-7,12,14H,4-5H2,1H3,(H,15,16). The Labute approximate surface area is 103 Å². The molecule has 0 saturated carbocycles. The van der Waals surface area contributed by atoms with Crippen LogP contribution in [0.1, 0.15) is 23.7 Å². The first-order valence-electron chi connectivity index (χ1n) is 5.35. The van der Waals surface area contributed by atoms with Gasteiger partial charge in [0, 0.05) is 30.5 Å². The molecular formula is C11H14N2O5. The highest BCUT2D eigenvalue weighted by Gasteiger charge is 2.16. The zero-order valence-corrected chi connectivity index (χ0v) is 9.79. The summed E-state index contributed by atoms with van der Waals surface area (Å²) in [7, 11) is 0. The third kappa shape index (κ3) is 3.42. The molecule has 18 heavy (non-hydrogen) atoms. The predicted molar refractivity (Wildman–Crippen MR) is 64.8 cm³/mol. The molecule has 7 heteroatoms. The minimum Gasteiger partial charge on any atom is -0.478 e. The van der Waals surface area contributed by atoms with Crippen molar-refractivity contribution in [3.05, 3.63) is 33.9 Å². The van der Waals surface area contributed by atoms with Gasteiger partial charge >= 0.3 is 5.97 Å². The number of carbonyl (C=O) groups is 1. The lowest BCUT2D eigenvalue weighted by atomic mass is 10.1. The lowest BCUT2D eigenvalue weighted by Gasteiger charge is -2.15. The fourth-order valence-electron chi connectivity index (χ4n) is 1.48. The van der Waals surface area contributed by atoms with Gasteiger partial charge in [-0.1, -0.05) is 0 Å². The molecule has 0 aliphatic heterocycles. The Kier molecular flexibility index (Phi) is 4.61. The number of hydrogen-bond acceptors (Lipinski definition) is 5. The van der Waals surface area contributed by atoms with E-state index in [0.29, 0.717) is 12.1 Å². The SMILES string of the molecule is CC(CCO)Nc1ccc([N+](=O)[O-])cc1C(=O)O. The first kappa shape index (κ1) is 13.9. The number of carboxylic acid groups (broad SMARTS) is 1. The van der Waals surface area contributed by atoms with Gasteiger partial charge < -0.3 is 15.5 Å². The molecule has 0 spiro atoms. The number of nitro benzene ring substituents is 1. The van der Waals surface area contributed by atoms with Crippen LogP contribution in [0.4, 0.5) is 11.4 Å². The molecule has 1 atom stereocenters. The van der Waals surface area contributed by atoms with Gasteiger partial charge in [-0.05, 0) is 19.4 Å². The number of carboxylic acids is 1. The van der Waals surface area contributed by atoms with Crippen molar-refractivity contribution in [1.82, 2.24) is 0 Å². The van der Waals surface area contributed by atoms with Crippen molar-refractivity contribution in [3.63, 3.8) is 0 Å². The maximum Gasteiger partial charge on any atom is 0.338 e. The zero-order valence-electron chi connectivity index (χ0n) is 9.79. The van der Waals surface area contributed by atoms with Crippen LogP contribution in [0.3, 0.4) is 0 Å². The summed E-state index contributed by atoms with van der Waals surface area (Å²) in [6.07, 6.45) is 0.454. The highest BCUT2D eigenvalue weighted by Crippen LogP contribution is 2.23. The Bertz CT molecular complexity index is 461. The molecule has 0 aliphatic rings. The van der Waals surface area contributed by atoms with Crippen LogP contribution < -0.4 is 5.32 Å². The summed E-state index contributed by atoms with van der Waals surface area (Å²) in [5.41, 5.74) is -0.129. The fourth-order valence-corrected chi connectivity index (χ4v) is 1.48. The van der Waals surface area contributed by atoms with Gasteiger partial charge in [0.2, 0.25) is 0 Å². The maximum atomic E-state index is 11.0. The largest absolute Gasteiger partial charge is 0.478 e. The van der Waals surface area contributed by atoms with Crippen LogP contribution in [-0.4, -0.2) is 33.8 Å². The summed E-state index contributed by atoms with van der Waals surface area (Å²) in [6, 6.07) is 3.47. The smallest absolute Gasteiger partial charge is 0.338 e. The lowest BCUT2D eigenvalue weighted by Crippen LogP contribution is -2.18. The summed E-state index contributed by atoms with van der Waals surface area (Å²) < 4.78 is 0. The van der Waals surface area contributed by atoms with E-state index in [2.05, 4.69) is 5.32 Å². The number of nitrogens with zero attached hydrogens (tertiary/aromatic N) is 1. The van der Waals surface area contributed by atoms with Crippen molar-refractivity contribution >= 4 is 17.3 Å². The zero-order chi connectivity index (χ0) is 13.7. The van der Waals surface area contributed by atoms with E-state index in [1.165, 1.54) is 12.1 Å². The van der Waals surface area contributed by atoms with Crippen LogP contribution in [0, 0.1) is 10.1 Å². The summed E-state index contributed by atoms with van der Waals surface area (Å²) in [6.45, 7) is 1.76. The van der Waals surface area contributed by atoms with Gasteiger partial charge in [-0.2, -0.15) is 0 Å². The van der Waals surface area contributed by atoms with Crippen molar-refractivity contribution in [2.24, 2.45) is 0 Å². The van der Waals surface area contributed by atoms with Crippen molar-refractivity contribution < 1.29 is 19.9 Å². The van der Waals surface area contributed by atoms with Crippen LogP contribution in [0.25, 0.3) is 0 Å². The number of anilines is 1. The van der Waals surface area contributed by atoms with Gasteiger partial charge in [-0.15, -0.1) is 0 Å². The molecule has 0 saturated heterocycles. The minimum absolute atomic E-state index is 0.0243. The summed E-state index contributed by atoms with van der Waals surface area (Å²) in [4.78, 5) is 20.9. The number of non-ortho nitro benzene ring substituents is 1. The fraction of sp³-hybridized carbons (Fsp3) is 0.364. The topological polar surface area (TPSA) is 113 Å². The molecule has 0 radical (unpaired) electrons. The first-order chi connectivity index (χ1) is 8.45. The van der Waals surface area contributed by atoms with Crippen molar-refractivity contribution in [1.29, 1.82) is 0 Å². The van der Waals surface area contributed by atoms with Gasteiger partial charge in [0.15, 0.2) is 0 Å². The Hall–Kier alpha value is -2.15. The molecule has 1 aromatic rings. The van der Waals surface area contributed by atoms with Gasteiger partial charge in [-0.3, -0.25) is 10.1 Å². The van der Waals surface area contributed by atoms with Crippen molar-refractivity contribution in [3.8, 4) is 0 Å². The molecule has 1 aromatic carbocycles. The summed E-state index contributed by atoms with van der Waals surface area (Å²) >= 11 is 0. The molecule has 0 amide bonds. The van der Waals surface area contributed by atoms with E-state index in [-0.39, 0.29) is 23.9 Å². The van der Waals surface area contributed by atoms with Crippen LogP contribution in [0.15, 0.2) is 18.2 Å². The second-order valence-corrected chi connectivity index (χ2v) is 3.85. The number of nitro groups is 1. The molecule has 0 heterocycles. The van der Waals surface area contributed by atoms with Crippen LogP contribution in [0.2, 0.25) is 0 Å². The molecule has 1 unspecified atom stereocenters. The maximum absolute atomic E-state index is 11.0. The Morgan fingerprint density at radius 3 is 2.72 bits per heavy atom. The molecule has 1 rings (SSSR count). The monoisotopic (exact) mass is 254 g/mol. The normalized spacial score (nSPS) is 11.9.